The van der Waals surface area contributed by atoms with Crippen LogP contribution in [0.5, 0.6) is 0 Å². The number of aromatic nitrogens is 5. The van der Waals surface area contributed by atoms with E-state index < -0.39 is 5.91 Å². The fourth-order valence-corrected chi connectivity index (χ4v) is 2.44. The molecule has 3 rings (SSSR count). The van der Waals surface area contributed by atoms with Crippen LogP contribution in [-0.4, -0.2) is 37.4 Å². The monoisotopic (exact) mass is 374 g/mol. The topological polar surface area (TPSA) is 137 Å². The van der Waals surface area contributed by atoms with Crippen LogP contribution in [0.15, 0.2) is 34.0 Å². The lowest BCUT2D eigenvalue weighted by Crippen LogP contribution is -2.21. The lowest BCUT2D eigenvalue weighted by molar-refractivity contribution is 0.0948. The molecule has 0 unspecified atom stereocenters. The largest absolute Gasteiger partial charge is 0.378 e. The zero-order valence-electron chi connectivity index (χ0n) is 13.9. The number of hydrogen-bond acceptors (Lipinski definition) is 8. The van der Waals surface area contributed by atoms with Gasteiger partial charge in [0.15, 0.2) is 5.69 Å². The van der Waals surface area contributed by atoms with Gasteiger partial charge in [-0.25, -0.2) is 10.1 Å². The molecule has 1 aromatic carbocycles. The van der Waals surface area contributed by atoms with Crippen molar-refractivity contribution in [2.24, 2.45) is 5.10 Å². The Labute approximate surface area is 153 Å². The van der Waals surface area contributed by atoms with Crippen molar-refractivity contribution in [2.45, 2.75) is 19.8 Å². The van der Waals surface area contributed by atoms with Crippen LogP contribution in [0.3, 0.4) is 0 Å². The summed E-state index contributed by atoms with van der Waals surface area (Å²) in [7, 11) is 0. The first-order valence-electron chi connectivity index (χ1n) is 7.61. The number of anilines is 1. The van der Waals surface area contributed by atoms with Crippen molar-refractivity contribution in [1.82, 2.24) is 30.7 Å². The number of hydrazone groups is 1. The molecular formula is C15H15ClN8O2. The minimum Gasteiger partial charge on any atom is -0.378 e. The summed E-state index contributed by atoms with van der Waals surface area (Å²) in [6.07, 6.45) is 1.44. The summed E-state index contributed by atoms with van der Waals surface area (Å²) in [5.74, 6) is -0.423. The van der Waals surface area contributed by atoms with Crippen LogP contribution in [0.4, 0.5) is 5.82 Å². The van der Waals surface area contributed by atoms with E-state index in [9.17, 15) is 4.79 Å². The average Bonchev–Trinajstić information content (AvgIpc) is 3.22. The number of rotatable bonds is 5. The molecule has 0 aliphatic carbocycles. The Morgan fingerprint density at radius 2 is 2.15 bits per heavy atom. The molecular weight excluding hydrogens is 360 g/mol. The highest BCUT2D eigenvalue weighted by atomic mass is 35.5. The van der Waals surface area contributed by atoms with Gasteiger partial charge in [0.2, 0.25) is 11.6 Å². The van der Waals surface area contributed by atoms with E-state index in [0.717, 1.165) is 0 Å². The zero-order chi connectivity index (χ0) is 18.7. The molecule has 2 aromatic heterocycles. The molecule has 0 bridgehead atoms. The summed E-state index contributed by atoms with van der Waals surface area (Å²) < 4.78 is 5.90. The van der Waals surface area contributed by atoms with Crippen LogP contribution < -0.4 is 11.2 Å². The maximum Gasteiger partial charge on any atom is 0.293 e. The van der Waals surface area contributed by atoms with Gasteiger partial charge >= 0.3 is 0 Å². The van der Waals surface area contributed by atoms with E-state index in [1.54, 1.807) is 18.2 Å². The number of nitrogen functional groups attached to an aromatic ring is 1. The Bertz CT molecular complexity index is 962. The van der Waals surface area contributed by atoms with Gasteiger partial charge in [-0.3, -0.25) is 4.79 Å². The summed E-state index contributed by atoms with van der Waals surface area (Å²) in [6.45, 7) is 3.76. The highest BCUT2D eigenvalue weighted by Crippen LogP contribution is 2.22. The number of nitrogens with one attached hydrogen (secondary N) is 1. The molecule has 0 saturated heterocycles. The van der Waals surface area contributed by atoms with E-state index in [1.807, 2.05) is 19.9 Å². The van der Waals surface area contributed by atoms with Crippen molar-refractivity contribution in [3.63, 3.8) is 0 Å². The van der Waals surface area contributed by atoms with Gasteiger partial charge in [-0.1, -0.05) is 48.9 Å². The van der Waals surface area contributed by atoms with Crippen molar-refractivity contribution in [3.05, 3.63) is 46.2 Å². The minimum absolute atomic E-state index is 0.0421. The lowest BCUT2D eigenvalue weighted by atomic mass is 10.1. The third kappa shape index (κ3) is 3.40. The molecule has 11 heteroatoms. The molecule has 3 N–H and O–H groups in total. The fourth-order valence-electron chi connectivity index (χ4n) is 2.26. The second-order valence-electron chi connectivity index (χ2n) is 5.58. The van der Waals surface area contributed by atoms with Gasteiger partial charge in [0.25, 0.3) is 5.91 Å². The molecule has 1 amide bonds. The smallest absolute Gasteiger partial charge is 0.293 e. The van der Waals surface area contributed by atoms with Gasteiger partial charge in [0.1, 0.15) is 0 Å². The number of nitrogens with zero attached hydrogens (tertiary/aromatic N) is 6. The third-order valence-corrected chi connectivity index (χ3v) is 3.78. The number of benzene rings is 1. The van der Waals surface area contributed by atoms with E-state index in [0.29, 0.717) is 16.3 Å². The van der Waals surface area contributed by atoms with Crippen molar-refractivity contribution in [1.29, 1.82) is 0 Å². The van der Waals surface area contributed by atoms with Gasteiger partial charge < -0.3 is 5.73 Å². The van der Waals surface area contributed by atoms with Crippen LogP contribution in [0, 0.1) is 0 Å². The molecule has 0 atom stereocenters. The third-order valence-electron chi connectivity index (χ3n) is 3.44. The quantitative estimate of drug-likeness (QED) is 0.512. The van der Waals surface area contributed by atoms with Crippen molar-refractivity contribution in [3.8, 4) is 5.82 Å². The number of carbonyl (C=O) groups excluding carboxylic acids is 1. The molecule has 10 nitrogen and oxygen atoms in total. The van der Waals surface area contributed by atoms with Crippen LogP contribution in [0.2, 0.25) is 5.02 Å². The molecule has 0 aliphatic heterocycles. The molecule has 3 aromatic rings. The first-order valence-corrected chi connectivity index (χ1v) is 7.98. The highest BCUT2D eigenvalue weighted by Gasteiger charge is 2.25. The molecule has 0 saturated carbocycles. The Balaban J connectivity index is 1.85. The maximum absolute atomic E-state index is 12.4. The SMILES string of the molecule is CC(C)c1c(C(=O)NN=Cc2ccccc2Cl)nnn1-c1nonc1N. The zero-order valence-corrected chi connectivity index (χ0v) is 14.7. The summed E-state index contributed by atoms with van der Waals surface area (Å²) in [5, 5.41) is 19.5. The van der Waals surface area contributed by atoms with Gasteiger partial charge in [0.05, 0.1) is 11.9 Å². The Kier molecular flexibility index (Phi) is 4.94. The van der Waals surface area contributed by atoms with Crippen LogP contribution in [0.1, 0.15) is 41.5 Å². The number of amides is 1. The molecule has 0 aliphatic rings. The number of carbonyl (C=O) groups is 1. The molecule has 0 radical (unpaired) electrons. The van der Waals surface area contributed by atoms with Crippen LogP contribution in [-0.2, 0) is 0 Å². The Morgan fingerprint density at radius 1 is 1.38 bits per heavy atom. The summed E-state index contributed by atoms with van der Waals surface area (Å²) in [6, 6.07) is 7.11. The molecule has 26 heavy (non-hydrogen) atoms. The van der Waals surface area contributed by atoms with E-state index >= 15 is 0 Å². The van der Waals surface area contributed by atoms with Gasteiger partial charge in [-0.2, -0.15) is 9.78 Å². The minimum atomic E-state index is -0.529. The second-order valence-corrected chi connectivity index (χ2v) is 5.99. The van der Waals surface area contributed by atoms with Gasteiger partial charge in [-0.05, 0) is 22.3 Å². The molecule has 0 fully saturated rings. The molecule has 0 spiro atoms. The van der Waals surface area contributed by atoms with E-state index in [4.69, 9.17) is 17.3 Å². The predicted molar refractivity (Wildman–Crippen MR) is 94.2 cm³/mol. The number of halogens is 1. The predicted octanol–water partition coefficient (Wildman–Crippen LogP) is 1.77. The highest BCUT2D eigenvalue weighted by molar-refractivity contribution is 6.33. The van der Waals surface area contributed by atoms with Gasteiger partial charge in [-0.15, -0.1) is 5.10 Å². The number of hydrogen-bond donors (Lipinski definition) is 2. The van der Waals surface area contributed by atoms with Gasteiger partial charge in [0, 0.05) is 10.6 Å². The standard InChI is InChI=1S/C15H15ClN8O2/c1-8(2)12-11(19-23-24(12)14-13(17)21-26-22-14)15(25)20-18-7-9-5-3-4-6-10(9)16/h3-8H,1-2H3,(H2,17,21)(H,20,25). The van der Waals surface area contributed by atoms with Crippen molar-refractivity contribution >= 4 is 29.5 Å². The van der Waals surface area contributed by atoms with Crippen LogP contribution in [0.25, 0.3) is 5.82 Å². The summed E-state index contributed by atoms with van der Waals surface area (Å²) >= 11 is 6.04. The van der Waals surface area contributed by atoms with Crippen molar-refractivity contribution in [2.75, 3.05) is 5.73 Å². The van der Waals surface area contributed by atoms with E-state index in [2.05, 4.69) is 35.8 Å². The molecule has 134 valence electrons. The summed E-state index contributed by atoms with van der Waals surface area (Å²) in [4.78, 5) is 12.4. The Morgan fingerprint density at radius 3 is 2.81 bits per heavy atom. The average molecular weight is 375 g/mol. The first-order chi connectivity index (χ1) is 12.5. The number of nitrogens with two attached hydrogens (primary N) is 1. The van der Waals surface area contributed by atoms with Crippen molar-refractivity contribution < 1.29 is 9.42 Å². The van der Waals surface area contributed by atoms with Crippen LogP contribution >= 0.6 is 11.6 Å². The lowest BCUT2D eigenvalue weighted by Gasteiger charge is -2.08. The van der Waals surface area contributed by atoms with E-state index in [-0.39, 0.29) is 23.2 Å². The maximum atomic E-state index is 12.4. The summed E-state index contributed by atoms with van der Waals surface area (Å²) in [5.41, 5.74) is 9.37. The second kappa shape index (κ2) is 7.31. The normalized spacial score (nSPS) is 11.4. The Hall–Kier alpha value is -3.27. The first kappa shape index (κ1) is 17.5. The van der Waals surface area contributed by atoms with E-state index in [1.165, 1.54) is 10.9 Å². The molecule has 2 heterocycles. The fraction of sp³-hybridized carbons (Fsp3) is 0.200.